The number of hydrogen-bond donors (Lipinski definition) is 1. The topological polar surface area (TPSA) is 98.5 Å². The number of carbonyl (C=O) groups is 1. The highest BCUT2D eigenvalue weighted by Crippen LogP contribution is 2.34. The first-order chi connectivity index (χ1) is 18.7. The molecule has 2 saturated carbocycles. The standard InChI is InChI=1S/C30H34N6O2/c37-29(24-11-5-2-6-12-24)36-20-27(23-9-3-1-4-10-23)35(30(36)38)19-21-15-17-22(18-16-21)25-13-7-8-14-26(25)28-31-33-34-32-28/h7-8,13-18,20,23-24H,1-6,9-12,19H2,(H,31,32,33,34). The highest BCUT2D eigenvalue weighted by Gasteiger charge is 2.28. The maximum absolute atomic E-state index is 13.7. The van der Waals surface area contributed by atoms with Gasteiger partial charge in [0.15, 0.2) is 5.82 Å². The van der Waals surface area contributed by atoms with E-state index in [0.29, 0.717) is 18.3 Å². The number of imidazole rings is 1. The van der Waals surface area contributed by atoms with Gasteiger partial charge >= 0.3 is 5.69 Å². The first-order valence-electron chi connectivity index (χ1n) is 14.0. The first kappa shape index (κ1) is 24.5. The van der Waals surface area contributed by atoms with Gasteiger partial charge in [-0.2, -0.15) is 0 Å². The van der Waals surface area contributed by atoms with Gasteiger partial charge in [-0.15, -0.1) is 5.10 Å². The average Bonchev–Trinajstić information content (AvgIpc) is 3.63. The van der Waals surface area contributed by atoms with Crippen LogP contribution in [0.4, 0.5) is 0 Å². The van der Waals surface area contributed by atoms with E-state index in [-0.39, 0.29) is 17.5 Å². The van der Waals surface area contributed by atoms with Gasteiger partial charge in [0.05, 0.1) is 6.54 Å². The number of hydrogen-bond acceptors (Lipinski definition) is 5. The number of benzene rings is 2. The number of nitrogens with one attached hydrogen (secondary N) is 1. The molecule has 0 spiro atoms. The Morgan fingerprint density at radius 3 is 2.24 bits per heavy atom. The van der Waals surface area contributed by atoms with E-state index in [1.165, 1.54) is 30.3 Å². The predicted molar refractivity (Wildman–Crippen MR) is 146 cm³/mol. The molecule has 196 valence electrons. The Balaban J connectivity index is 1.31. The van der Waals surface area contributed by atoms with Crippen molar-refractivity contribution >= 4 is 5.91 Å². The molecule has 38 heavy (non-hydrogen) atoms. The third-order valence-electron chi connectivity index (χ3n) is 8.36. The molecule has 2 aliphatic carbocycles. The second kappa shape index (κ2) is 10.9. The van der Waals surface area contributed by atoms with E-state index in [2.05, 4.69) is 51.0 Å². The lowest BCUT2D eigenvalue weighted by atomic mass is 9.87. The molecule has 1 N–H and O–H groups in total. The van der Waals surface area contributed by atoms with Gasteiger partial charge in [0.2, 0.25) is 5.91 Å². The fourth-order valence-electron chi connectivity index (χ4n) is 6.27. The molecule has 0 amide bonds. The average molecular weight is 511 g/mol. The summed E-state index contributed by atoms with van der Waals surface area (Å²) in [5.41, 5.74) is 4.88. The van der Waals surface area contributed by atoms with Crippen molar-refractivity contribution in [1.29, 1.82) is 0 Å². The van der Waals surface area contributed by atoms with Gasteiger partial charge in [0.1, 0.15) is 0 Å². The number of aromatic amines is 1. The zero-order valence-corrected chi connectivity index (χ0v) is 21.7. The molecule has 0 aliphatic heterocycles. The van der Waals surface area contributed by atoms with Crippen LogP contribution in [0, 0.1) is 5.92 Å². The molecule has 0 bridgehead atoms. The Morgan fingerprint density at radius 1 is 0.868 bits per heavy atom. The zero-order valence-electron chi connectivity index (χ0n) is 21.7. The monoisotopic (exact) mass is 510 g/mol. The normalized spacial score (nSPS) is 17.1. The SMILES string of the molecule is O=C(C1CCCCC1)n1cc(C2CCCCC2)n(Cc2ccc(-c3ccccc3-c3nnn[nH]3)cc2)c1=O. The Hall–Kier alpha value is -3.81. The van der Waals surface area contributed by atoms with Gasteiger partial charge in [-0.1, -0.05) is 87.1 Å². The van der Waals surface area contributed by atoms with Crippen LogP contribution >= 0.6 is 0 Å². The molecule has 0 unspecified atom stereocenters. The smallest absolute Gasteiger partial charge is 0.291 e. The van der Waals surface area contributed by atoms with Crippen LogP contribution in [0.15, 0.2) is 59.5 Å². The van der Waals surface area contributed by atoms with E-state index >= 15 is 0 Å². The van der Waals surface area contributed by atoms with Gasteiger partial charge in [-0.05, 0) is 52.8 Å². The molecule has 6 rings (SSSR count). The van der Waals surface area contributed by atoms with E-state index in [1.807, 2.05) is 29.0 Å². The van der Waals surface area contributed by atoms with Crippen LogP contribution in [-0.2, 0) is 6.54 Å². The Morgan fingerprint density at radius 2 is 1.55 bits per heavy atom. The van der Waals surface area contributed by atoms with Crippen LogP contribution < -0.4 is 5.69 Å². The van der Waals surface area contributed by atoms with Crippen molar-refractivity contribution in [3.8, 4) is 22.5 Å². The lowest BCUT2D eigenvalue weighted by Crippen LogP contribution is -2.34. The summed E-state index contributed by atoms with van der Waals surface area (Å²) < 4.78 is 3.30. The van der Waals surface area contributed by atoms with Crippen molar-refractivity contribution in [2.45, 2.75) is 76.7 Å². The molecule has 0 atom stereocenters. The molecule has 2 aromatic heterocycles. The predicted octanol–water partition coefficient (Wildman–Crippen LogP) is 5.81. The summed E-state index contributed by atoms with van der Waals surface area (Å²) in [6.45, 7) is 0.462. The summed E-state index contributed by atoms with van der Waals surface area (Å²) in [5, 5.41) is 14.3. The number of nitrogens with zero attached hydrogens (tertiary/aromatic N) is 5. The van der Waals surface area contributed by atoms with Gasteiger partial charge in [-0.3, -0.25) is 9.36 Å². The summed E-state index contributed by atoms with van der Waals surface area (Å²) in [6.07, 6.45) is 12.7. The van der Waals surface area contributed by atoms with Gasteiger partial charge < -0.3 is 0 Å². The molecule has 2 fully saturated rings. The Bertz CT molecular complexity index is 1440. The molecule has 2 aliphatic rings. The summed E-state index contributed by atoms with van der Waals surface area (Å²) in [4.78, 5) is 27.1. The second-order valence-electron chi connectivity index (χ2n) is 10.8. The van der Waals surface area contributed by atoms with E-state index in [4.69, 9.17) is 0 Å². The van der Waals surface area contributed by atoms with Gasteiger partial charge in [-0.25, -0.2) is 14.5 Å². The minimum absolute atomic E-state index is 0.0145. The van der Waals surface area contributed by atoms with Crippen molar-refractivity contribution in [2.75, 3.05) is 0 Å². The van der Waals surface area contributed by atoms with E-state index in [9.17, 15) is 9.59 Å². The number of tetrazole rings is 1. The maximum atomic E-state index is 13.7. The van der Waals surface area contributed by atoms with E-state index in [1.54, 1.807) is 0 Å². The third kappa shape index (κ3) is 4.87. The molecular weight excluding hydrogens is 476 g/mol. The summed E-state index contributed by atoms with van der Waals surface area (Å²) in [5.74, 6) is 0.908. The second-order valence-corrected chi connectivity index (χ2v) is 10.8. The molecular formula is C30H34N6O2. The summed E-state index contributed by atoms with van der Waals surface area (Å²) in [6, 6.07) is 16.3. The highest BCUT2D eigenvalue weighted by molar-refractivity contribution is 5.81. The van der Waals surface area contributed by atoms with Gasteiger partial charge in [0.25, 0.3) is 0 Å². The van der Waals surface area contributed by atoms with Crippen molar-refractivity contribution in [3.05, 3.63) is 76.5 Å². The van der Waals surface area contributed by atoms with E-state index < -0.39 is 0 Å². The van der Waals surface area contributed by atoms with Crippen molar-refractivity contribution < 1.29 is 4.79 Å². The summed E-state index contributed by atoms with van der Waals surface area (Å²) >= 11 is 0. The molecule has 0 saturated heterocycles. The molecule has 2 heterocycles. The molecule has 8 nitrogen and oxygen atoms in total. The van der Waals surface area contributed by atoms with Crippen molar-refractivity contribution in [1.82, 2.24) is 29.8 Å². The fraction of sp³-hybridized carbons (Fsp3) is 0.433. The van der Waals surface area contributed by atoms with Crippen LogP contribution in [0.1, 0.15) is 86.2 Å². The quantitative estimate of drug-likeness (QED) is 0.353. The van der Waals surface area contributed by atoms with Crippen LogP contribution in [0.2, 0.25) is 0 Å². The third-order valence-corrected chi connectivity index (χ3v) is 8.36. The van der Waals surface area contributed by atoms with Crippen LogP contribution in [-0.4, -0.2) is 35.7 Å². The van der Waals surface area contributed by atoms with Crippen LogP contribution in [0.5, 0.6) is 0 Å². The first-order valence-corrected chi connectivity index (χ1v) is 14.0. The summed E-state index contributed by atoms with van der Waals surface area (Å²) in [7, 11) is 0. The lowest BCUT2D eigenvalue weighted by Gasteiger charge is -2.22. The fourth-order valence-corrected chi connectivity index (χ4v) is 6.27. The molecule has 0 radical (unpaired) electrons. The molecule has 2 aromatic carbocycles. The number of rotatable bonds is 6. The number of H-pyrrole nitrogens is 1. The minimum atomic E-state index is -0.187. The molecule has 4 aromatic rings. The largest absolute Gasteiger partial charge is 0.335 e. The number of aromatic nitrogens is 6. The molecule has 8 heteroatoms. The maximum Gasteiger partial charge on any atom is 0.335 e. The Kier molecular flexibility index (Phi) is 7.03. The van der Waals surface area contributed by atoms with Crippen molar-refractivity contribution in [3.63, 3.8) is 0 Å². The highest BCUT2D eigenvalue weighted by atomic mass is 16.2. The number of carbonyl (C=O) groups excluding carboxylic acids is 1. The Labute approximate surface area is 222 Å². The van der Waals surface area contributed by atoms with Gasteiger partial charge in [0, 0.05) is 29.3 Å². The van der Waals surface area contributed by atoms with Crippen LogP contribution in [0.3, 0.4) is 0 Å². The lowest BCUT2D eigenvalue weighted by molar-refractivity contribution is 0.0796. The van der Waals surface area contributed by atoms with E-state index in [0.717, 1.165) is 66.5 Å². The van der Waals surface area contributed by atoms with Crippen molar-refractivity contribution in [2.24, 2.45) is 5.92 Å². The van der Waals surface area contributed by atoms with Crippen LogP contribution in [0.25, 0.3) is 22.5 Å². The zero-order chi connectivity index (χ0) is 25.9. The minimum Gasteiger partial charge on any atom is -0.291 e.